The lowest BCUT2D eigenvalue weighted by Crippen LogP contribution is -2.29. The van der Waals surface area contributed by atoms with E-state index >= 15 is 0 Å². The van der Waals surface area contributed by atoms with Crippen molar-refractivity contribution in [3.8, 4) is 11.5 Å². The van der Waals surface area contributed by atoms with E-state index in [-0.39, 0.29) is 28.0 Å². The highest BCUT2D eigenvalue weighted by Crippen LogP contribution is 2.37. The predicted molar refractivity (Wildman–Crippen MR) is 102 cm³/mol. The molecule has 1 fully saturated rings. The van der Waals surface area contributed by atoms with Crippen LogP contribution in [0.15, 0.2) is 30.6 Å². The summed E-state index contributed by atoms with van der Waals surface area (Å²) in [6, 6.07) is 4.20. The summed E-state index contributed by atoms with van der Waals surface area (Å²) >= 11 is 12.3. The van der Waals surface area contributed by atoms with Crippen LogP contribution in [0, 0.1) is 5.92 Å². The minimum atomic E-state index is -3.02. The fourth-order valence-electron chi connectivity index (χ4n) is 2.81. The van der Waals surface area contributed by atoms with E-state index in [0.717, 1.165) is 12.8 Å². The van der Waals surface area contributed by atoms with Crippen LogP contribution in [-0.4, -0.2) is 24.5 Å². The molecule has 3 rings (SSSR count). The fourth-order valence-corrected chi connectivity index (χ4v) is 3.42. The Balaban J connectivity index is 1.92. The van der Waals surface area contributed by atoms with Crippen molar-refractivity contribution in [2.75, 3.05) is 6.61 Å². The van der Waals surface area contributed by atoms with Gasteiger partial charge >= 0.3 is 12.7 Å². The molecule has 1 unspecified atom stereocenters. The quantitative estimate of drug-likeness (QED) is 0.427. The molecule has 7 nitrogen and oxygen atoms in total. The standard InChI is InChI=1S/C19H18Cl2F2N2O5/c20-13-7-25(27)8-14(21)12(13)6-16(30-19(24)26)11-3-4-15(29-18(22)23)17(5-11)28-9-10-1-2-10/h3-5,7-8,10,16,18H,1-2,6,9H2,(H2-,24,26,27)/p+1. The lowest BCUT2D eigenvalue weighted by atomic mass is 10.0. The second kappa shape index (κ2) is 9.53. The average Bonchev–Trinajstić information content (AvgIpc) is 3.46. The first-order valence-electron chi connectivity index (χ1n) is 8.99. The number of halogens is 4. The first kappa shape index (κ1) is 22.2. The van der Waals surface area contributed by atoms with Gasteiger partial charge in [-0.15, -0.1) is 0 Å². The Hall–Kier alpha value is -2.52. The van der Waals surface area contributed by atoms with E-state index in [4.69, 9.17) is 38.4 Å². The summed E-state index contributed by atoms with van der Waals surface area (Å²) in [7, 11) is 0. The number of aromatic nitrogens is 1. The molecular weight excluding hydrogens is 445 g/mol. The zero-order chi connectivity index (χ0) is 21.8. The Kier molecular flexibility index (Phi) is 7.04. The number of benzene rings is 1. The largest absolute Gasteiger partial charge is 0.489 e. The summed E-state index contributed by atoms with van der Waals surface area (Å²) in [5.41, 5.74) is 6.00. The van der Waals surface area contributed by atoms with Crippen molar-refractivity contribution in [2.45, 2.75) is 32.0 Å². The third-order valence-electron chi connectivity index (χ3n) is 4.44. The molecule has 0 spiro atoms. The molecule has 162 valence electrons. The third-order valence-corrected chi connectivity index (χ3v) is 5.09. The van der Waals surface area contributed by atoms with Gasteiger partial charge in [-0.05, 0) is 36.5 Å². The van der Waals surface area contributed by atoms with Crippen LogP contribution < -0.4 is 19.9 Å². The normalized spacial score (nSPS) is 14.4. The summed E-state index contributed by atoms with van der Waals surface area (Å²) < 4.78 is 41.5. The number of rotatable bonds is 9. The van der Waals surface area contributed by atoms with Gasteiger partial charge in [-0.3, -0.25) is 5.21 Å². The number of primary amides is 1. The van der Waals surface area contributed by atoms with E-state index in [2.05, 4.69) is 4.74 Å². The van der Waals surface area contributed by atoms with E-state index in [1.807, 2.05) is 0 Å². The molecular formula is C19H19Cl2F2N2O5+. The molecule has 1 aliphatic rings. The van der Waals surface area contributed by atoms with Crippen molar-refractivity contribution in [1.29, 1.82) is 0 Å². The smallest absolute Gasteiger partial charge is 0.405 e. The summed E-state index contributed by atoms with van der Waals surface area (Å²) in [4.78, 5) is 11.5. The van der Waals surface area contributed by atoms with Crippen LogP contribution in [0.1, 0.15) is 30.1 Å². The molecule has 2 aromatic rings. The lowest BCUT2D eigenvalue weighted by Gasteiger charge is -2.20. The van der Waals surface area contributed by atoms with E-state index < -0.39 is 18.8 Å². The number of amides is 1. The third kappa shape index (κ3) is 5.99. The van der Waals surface area contributed by atoms with Gasteiger partial charge in [-0.25, -0.2) is 4.79 Å². The number of nitrogens with two attached hydrogens (primary N) is 1. The van der Waals surface area contributed by atoms with Gasteiger partial charge in [0.1, 0.15) is 16.1 Å². The van der Waals surface area contributed by atoms with E-state index in [1.165, 1.54) is 30.6 Å². The van der Waals surface area contributed by atoms with Gasteiger partial charge in [0.15, 0.2) is 11.5 Å². The van der Waals surface area contributed by atoms with Crippen molar-refractivity contribution >= 4 is 29.3 Å². The molecule has 1 amide bonds. The maximum atomic E-state index is 12.7. The molecule has 11 heteroatoms. The van der Waals surface area contributed by atoms with Gasteiger partial charge < -0.3 is 19.9 Å². The fraction of sp³-hybridized carbons (Fsp3) is 0.368. The maximum absolute atomic E-state index is 12.7. The Labute approximate surface area is 180 Å². The van der Waals surface area contributed by atoms with Crippen molar-refractivity contribution < 1.29 is 37.7 Å². The number of hydrogen-bond donors (Lipinski definition) is 2. The lowest BCUT2D eigenvalue weighted by molar-refractivity contribution is -0.904. The minimum Gasteiger partial charge on any atom is -0.489 e. The average molecular weight is 464 g/mol. The molecule has 1 atom stereocenters. The Morgan fingerprint density at radius 2 is 1.90 bits per heavy atom. The molecule has 0 radical (unpaired) electrons. The summed E-state index contributed by atoms with van der Waals surface area (Å²) in [6.07, 6.45) is 2.46. The van der Waals surface area contributed by atoms with Crippen molar-refractivity contribution in [1.82, 2.24) is 0 Å². The first-order chi connectivity index (χ1) is 14.2. The Morgan fingerprint density at radius 3 is 2.47 bits per heavy atom. The molecule has 1 heterocycles. The Bertz CT molecular complexity index is 905. The van der Waals surface area contributed by atoms with Crippen LogP contribution in [0.5, 0.6) is 11.5 Å². The highest BCUT2D eigenvalue weighted by Gasteiger charge is 2.26. The number of pyridine rings is 1. The molecule has 1 aromatic carbocycles. The van der Waals surface area contributed by atoms with Gasteiger partial charge in [0.05, 0.1) is 6.61 Å². The molecule has 30 heavy (non-hydrogen) atoms. The topological polar surface area (TPSA) is 94.9 Å². The van der Waals surface area contributed by atoms with Crippen LogP contribution in [0.25, 0.3) is 0 Å². The van der Waals surface area contributed by atoms with E-state index in [9.17, 15) is 18.8 Å². The van der Waals surface area contributed by atoms with Crippen LogP contribution in [0.2, 0.25) is 10.0 Å². The molecule has 1 saturated carbocycles. The van der Waals surface area contributed by atoms with E-state index in [0.29, 0.717) is 28.4 Å². The first-order valence-corrected chi connectivity index (χ1v) is 9.74. The molecule has 1 aliphatic carbocycles. The maximum Gasteiger partial charge on any atom is 0.405 e. The number of hydrogen-bond acceptors (Lipinski definition) is 5. The number of carbonyl (C=O) groups excluding carboxylic acids is 1. The summed E-state index contributed by atoms with van der Waals surface area (Å²) in [6.45, 7) is -2.67. The molecule has 0 saturated heterocycles. The summed E-state index contributed by atoms with van der Waals surface area (Å²) in [5.74, 6) is 0.332. The highest BCUT2D eigenvalue weighted by atomic mass is 35.5. The van der Waals surface area contributed by atoms with Crippen molar-refractivity contribution in [2.24, 2.45) is 11.7 Å². The van der Waals surface area contributed by atoms with Crippen LogP contribution >= 0.6 is 23.2 Å². The monoisotopic (exact) mass is 463 g/mol. The van der Waals surface area contributed by atoms with E-state index in [1.54, 1.807) is 0 Å². The van der Waals surface area contributed by atoms with Gasteiger partial charge in [0.25, 0.3) is 0 Å². The van der Waals surface area contributed by atoms with Crippen LogP contribution in [0.3, 0.4) is 0 Å². The SMILES string of the molecule is NC(=O)OC(Cc1c(Cl)c[n+](O)cc1Cl)c1ccc(OC(F)F)c(OCC2CC2)c1. The predicted octanol–water partition coefficient (Wildman–Crippen LogP) is 4.29. The highest BCUT2D eigenvalue weighted by molar-refractivity contribution is 6.35. The molecule has 1 aromatic heterocycles. The molecule has 0 aliphatic heterocycles. The van der Waals surface area contributed by atoms with Gasteiger partial charge in [-0.1, -0.05) is 29.3 Å². The van der Waals surface area contributed by atoms with Crippen LogP contribution in [0.4, 0.5) is 13.6 Å². The second-order valence-corrected chi connectivity index (χ2v) is 7.60. The number of carbonyl (C=O) groups is 1. The van der Waals surface area contributed by atoms with Crippen molar-refractivity contribution in [3.05, 3.63) is 51.8 Å². The zero-order valence-corrected chi connectivity index (χ0v) is 17.1. The molecule has 3 N–H and O–H groups in total. The molecule has 0 bridgehead atoms. The zero-order valence-electron chi connectivity index (χ0n) is 15.6. The minimum absolute atomic E-state index is 0.0125. The number of ether oxygens (including phenoxy) is 3. The number of nitrogens with zero attached hydrogens (tertiary/aromatic N) is 1. The second-order valence-electron chi connectivity index (χ2n) is 6.78. The van der Waals surface area contributed by atoms with Crippen molar-refractivity contribution in [3.63, 3.8) is 0 Å². The van der Waals surface area contributed by atoms with Gasteiger partial charge in [-0.2, -0.15) is 8.78 Å². The number of alkyl halides is 2. The van der Waals surface area contributed by atoms with Gasteiger partial charge in [0.2, 0.25) is 12.4 Å². The Morgan fingerprint density at radius 1 is 1.23 bits per heavy atom. The van der Waals surface area contributed by atoms with Gasteiger partial charge in [0, 0.05) is 16.7 Å². The van der Waals surface area contributed by atoms with Crippen LogP contribution in [-0.2, 0) is 11.2 Å². The summed E-state index contributed by atoms with van der Waals surface area (Å²) in [5, 5.41) is 9.77.